The van der Waals surface area contributed by atoms with Crippen LogP contribution in [0.25, 0.3) is 10.9 Å². The van der Waals surface area contributed by atoms with Gasteiger partial charge in [0.25, 0.3) is 5.56 Å². The topological polar surface area (TPSA) is 56.5 Å². The molecule has 0 saturated heterocycles. The fourth-order valence-corrected chi connectivity index (χ4v) is 5.45. The van der Waals surface area contributed by atoms with Crippen molar-refractivity contribution in [2.24, 2.45) is 10.5 Å². The van der Waals surface area contributed by atoms with Gasteiger partial charge in [-0.3, -0.25) is 4.79 Å². The zero-order valence-corrected chi connectivity index (χ0v) is 23.5. The molecule has 1 heterocycles. The molecule has 5 nitrogen and oxygen atoms in total. The summed E-state index contributed by atoms with van der Waals surface area (Å²) in [5.41, 5.74) is 1.19. The summed E-state index contributed by atoms with van der Waals surface area (Å²) in [4.78, 5) is 18.5. The lowest BCUT2D eigenvalue weighted by Gasteiger charge is -2.23. The Bertz CT molecular complexity index is 1290. The van der Waals surface area contributed by atoms with Crippen LogP contribution in [0.5, 0.6) is 5.75 Å². The second-order valence-corrected chi connectivity index (χ2v) is 12.2. The minimum Gasteiger partial charge on any atom is -0.491 e. The highest BCUT2D eigenvalue weighted by atomic mass is 79.9. The summed E-state index contributed by atoms with van der Waals surface area (Å²) in [6.07, 6.45) is 7.14. The second-order valence-electron chi connectivity index (χ2n) is 9.98. The molecule has 8 heteroatoms. The van der Waals surface area contributed by atoms with Crippen LogP contribution in [0.15, 0.2) is 49.2 Å². The van der Waals surface area contributed by atoms with Crippen LogP contribution < -0.4 is 10.3 Å². The molecule has 1 aliphatic rings. The molecular formula is C26H28Br2ClN3O2. The smallest absolute Gasteiger partial charge is 0.282 e. The Kier molecular flexibility index (Phi) is 7.85. The number of rotatable bonds is 5. The zero-order valence-electron chi connectivity index (χ0n) is 19.6. The lowest BCUT2D eigenvalue weighted by molar-refractivity contribution is 0.196. The molecular weight excluding hydrogens is 582 g/mol. The van der Waals surface area contributed by atoms with Gasteiger partial charge in [0.05, 0.1) is 28.2 Å². The number of halogens is 3. The summed E-state index contributed by atoms with van der Waals surface area (Å²) in [6, 6.07) is 9.19. The van der Waals surface area contributed by atoms with Crippen LogP contribution in [-0.4, -0.2) is 22.5 Å². The highest BCUT2D eigenvalue weighted by Crippen LogP contribution is 2.34. The van der Waals surface area contributed by atoms with Crippen molar-refractivity contribution in [2.75, 3.05) is 6.61 Å². The maximum absolute atomic E-state index is 13.6. The van der Waals surface area contributed by atoms with E-state index in [4.69, 9.17) is 21.3 Å². The molecule has 0 unspecified atom stereocenters. The van der Waals surface area contributed by atoms with Gasteiger partial charge in [0.15, 0.2) is 0 Å². The van der Waals surface area contributed by atoms with Crippen molar-refractivity contribution >= 4 is 60.6 Å². The third kappa shape index (κ3) is 5.92. The Morgan fingerprint density at radius 1 is 1.18 bits per heavy atom. The Morgan fingerprint density at radius 2 is 1.91 bits per heavy atom. The molecule has 0 spiro atoms. The summed E-state index contributed by atoms with van der Waals surface area (Å²) in [5.74, 6) is 1.57. The van der Waals surface area contributed by atoms with E-state index in [1.807, 2.05) is 12.1 Å². The molecule has 1 saturated carbocycles. The number of aromatic nitrogens is 2. The summed E-state index contributed by atoms with van der Waals surface area (Å²) in [7, 11) is 0. The molecule has 1 aromatic heterocycles. The largest absolute Gasteiger partial charge is 0.491 e. The number of hydrogen-bond donors (Lipinski definition) is 0. The molecule has 0 radical (unpaired) electrons. The number of hydrogen-bond acceptors (Lipinski definition) is 4. The van der Waals surface area contributed by atoms with E-state index in [1.54, 1.807) is 24.4 Å². The van der Waals surface area contributed by atoms with Crippen LogP contribution in [0.2, 0.25) is 5.02 Å². The highest BCUT2D eigenvalue weighted by Gasteiger charge is 2.23. The van der Waals surface area contributed by atoms with Gasteiger partial charge in [-0.15, -0.1) is 0 Å². The van der Waals surface area contributed by atoms with Gasteiger partial charge < -0.3 is 4.74 Å². The molecule has 0 amide bonds. The molecule has 3 aromatic rings. The monoisotopic (exact) mass is 607 g/mol. The highest BCUT2D eigenvalue weighted by molar-refractivity contribution is 9.10. The normalized spacial score (nSPS) is 15.4. The molecule has 1 fully saturated rings. The van der Waals surface area contributed by atoms with E-state index < -0.39 is 0 Å². The average Bonchev–Trinajstić information content (AvgIpc) is 2.78. The Labute approximate surface area is 221 Å². The maximum Gasteiger partial charge on any atom is 0.282 e. The van der Waals surface area contributed by atoms with Gasteiger partial charge in [-0.1, -0.05) is 67.6 Å². The molecule has 1 aliphatic carbocycles. The van der Waals surface area contributed by atoms with Gasteiger partial charge in [-0.05, 0) is 64.5 Å². The van der Waals surface area contributed by atoms with Gasteiger partial charge in [0.2, 0.25) is 0 Å². The Morgan fingerprint density at radius 3 is 2.62 bits per heavy atom. The fraction of sp³-hybridized carbons (Fsp3) is 0.423. The van der Waals surface area contributed by atoms with Crippen LogP contribution >= 0.6 is 43.5 Å². The van der Waals surface area contributed by atoms with E-state index in [-0.39, 0.29) is 16.9 Å². The predicted octanol–water partition coefficient (Wildman–Crippen LogP) is 7.93. The summed E-state index contributed by atoms with van der Waals surface area (Å²) < 4.78 is 9.17. The van der Waals surface area contributed by atoms with E-state index in [0.29, 0.717) is 39.7 Å². The molecule has 34 heavy (non-hydrogen) atoms. The maximum atomic E-state index is 13.6. The van der Waals surface area contributed by atoms with Crippen LogP contribution in [0.1, 0.15) is 70.2 Å². The average molecular weight is 610 g/mol. The molecule has 0 aliphatic heterocycles. The first-order chi connectivity index (χ1) is 16.1. The van der Waals surface area contributed by atoms with Crippen molar-refractivity contribution in [2.45, 2.75) is 58.8 Å². The molecule has 0 N–H and O–H groups in total. The second kappa shape index (κ2) is 10.5. The third-order valence-corrected chi connectivity index (χ3v) is 7.10. The van der Waals surface area contributed by atoms with E-state index in [2.05, 4.69) is 57.7 Å². The van der Waals surface area contributed by atoms with E-state index in [1.165, 1.54) is 11.1 Å². The molecule has 180 valence electrons. The number of ether oxygens (including phenoxy) is 1. The standard InChI is InChI=1S/C26H28Br2ClN3O2/c1-26(2,3)15-34-23-17(11-19(29)13-21(23)28)14-30-32-24(16-7-5-4-6-8-16)31-22-10-9-18(27)12-20(22)25(32)33/h9-14,16H,4-8,15H2,1-3H3. The molecule has 2 aromatic carbocycles. The number of benzene rings is 2. The minimum atomic E-state index is -0.179. The third-order valence-electron chi connectivity index (χ3n) is 5.80. The lowest BCUT2D eigenvalue weighted by Crippen LogP contribution is -2.25. The van der Waals surface area contributed by atoms with E-state index in [9.17, 15) is 4.79 Å². The van der Waals surface area contributed by atoms with Crippen molar-refractivity contribution in [3.63, 3.8) is 0 Å². The van der Waals surface area contributed by atoms with Gasteiger partial charge >= 0.3 is 0 Å². The van der Waals surface area contributed by atoms with Gasteiger partial charge in [-0.25, -0.2) is 4.98 Å². The lowest BCUT2D eigenvalue weighted by atomic mass is 9.88. The summed E-state index contributed by atoms with van der Waals surface area (Å²) in [6.45, 7) is 6.85. The first-order valence-corrected chi connectivity index (χ1v) is 13.5. The van der Waals surface area contributed by atoms with Gasteiger partial charge in [0.1, 0.15) is 11.6 Å². The minimum absolute atomic E-state index is 0.0196. The van der Waals surface area contributed by atoms with Crippen molar-refractivity contribution in [1.29, 1.82) is 0 Å². The number of nitrogens with zero attached hydrogens (tertiary/aromatic N) is 3. The van der Waals surface area contributed by atoms with Crippen LogP contribution in [0.4, 0.5) is 0 Å². The Balaban J connectivity index is 1.83. The van der Waals surface area contributed by atoms with E-state index in [0.717, 1.165) is 34.6 Å². The van der Waals surface area contributed by atoms with Crippen molar-refractivity contribution in [3.8, 4) is 5.75 Å². The van der Waals surface area contributed by atoms with Crippen molar-refractivity contribution in [1.82, 2.24) is 9.66 Å². The number of fused-ring (bicyclic) bond motifs is 1. The summed E-state index contributed by atoms with van der Waals surface area (Å²) >= 11 is 13.4. The Hall–Kier alpha value is -1.70. The van der Waals surface area contributed by atoms with Crippen LogP contribution in [0, 0.1) is 5.41 Å². The van der Waals surface area contributed by atoms with Gasteiger partial charge in [-0.2, -0.15) is 9.78 Å². The van der Waals surface area contributed by atoms with Crippen molar-refractivity contribution < 1.29 is 4.74 Å². The SMILES string of the molecule is CC(C)(C)COc1c(Br)cc(Cl)cc1C=Nn1c(C2CCCCC2)nc2ccc(Br)cc2c1=O. The zero-order chi connectivity index (χ0) is 24.5. The van der Waals surface area contributed by atoms with Crippen LogP contribution in [0.3, 0.4) is 0 Å². The van der Waals surface area contributed by atoms with E-state index >= 15 is 0 Å². The fourth-order valence-electron chi connectivity index (χ4n) is 4.14. The quantitative estimate of drug-likeness (QED) is 0.276. The molecule has 0 atom stereocenters. The van der Waals surface area contributed by atoms with Crippen LogP contribution in [-0.2, 0) is 0 Å². The van der Waals surface area contributed by atoms with Crippen molar-refractivity contribution in [3.05, 3.63) is 66.0 Å². The molecule has 4 rings (SSSR count). The first-order valence-electron chi connectivity index (χ1n) is 11.5. The first kappa shape index (κ1) is 25.4. The molecule has 0 bridgehead atoms. The summed E-state index contributed by atoms with van der Waals surface area (Å²) in [5, 5.41) is 5.74. The predicted molar refractivity (Wildman–Crippen MR) is 147 cm³/mol. The van der Waals surface area contributed by atoms with Gasteiger partial charge in [0, 0.05) is 21.0 Å².